The molecular formula is C23H23N7O2S. The summed E-state index contributed by atoms with van der Waals surface area (Å²) in [6.07, 6.45) is 0. The van der Waals surface area contributed by atoms with E-state index in [1.165, 1.54) is 16.4 Å². The third kappa shape index (κ3) is 5.24. The normalized spacial score (nSPS) is 11.4. The summed E-state index contributed by atoms with van der Waals surface area (Å²) >= 11 is 1.18. The first-order valence-corrected chi connectivity index (χ1v) is 11.1. The Labute approximate surface area is 195 Å². The topological polar surface area (TPSA) is 119 Å². The third-order valence-corrected chi connectivity index (χ3v) is 5.81. The Bertz CT molecular complexity index is 1310. The van der Waals surface area contributed by atoms with Gasteiger partial charge >= 0.3 is 0 Å². The monoisotopic (exact) mass is 461 g/mol. The molecule has 0 radical (unpaired) electrons. The van der Waals surface area contributed by atoms with Gasteiger partial charge in [-0.3, -0.25) is 4.79 Å². The number of hydrogen-bond donors (Lipinski definition) is 3. The predicted octanol–water partition coefficient (Wildman–Crippen LogP) is 3.72. The first kappa shape index (κ1) is 22.2. The molecule has 1 aromatic heterocycles. The van der Waals surface area contributed by atoms with E-state index in [2.05, 4.69) is 26.0 Å². The number of carbonyl (C=O) groups is 1. The Morgan fingerprint density at radius 1 is 1.12 bits per heavy atom. The molecule has 1 heterocycles. The van der Waals surface area contributed by atoms with Gasteiger partial charge in [0.05, 0.1) is 18.6 Å². The highest BCUT2D eigenvalue weighted by atomic mass is 32.2. The number of nitrogen functional groups attached to an aromatic ring is 1. The largest absolute Gasteiger partial charge is 0.497 e. The van der Waals surface area contributed by atoms with Crippen molar-refractivity contribution < 1.29 is 9.53 Å². The lowest BCUT2D eigenvalue weighted by Crippen LogP contribution is -2.17. The van der Waals surface area contributed by atoms with Crippen LogP contribution >= 0.6 is 11.8 Å². The maximum absolute atomic E-state index is 12.5. The van der Waals surface area contributed by atoms with Crippen molar-refractivity contribution in [2.45, 2.75) is 12.1 Å². The van der Waals surface area contributed by atoms with Crippen LogP contribution in [0.2, 0.25) is 0 Å². The second-order valence-corrected chi connectivity index (χ2v) is 8.02. The molecule has 3 aromatic carbocycles. The van der Waals surface area contributed by atoms with Gasteiger partial charge in [0.15, 0.2) is 0 Å². The molecule has 0 saturated heterocycles. The summed E-state index contributed by atoms with van der Waals surface area (Å²) in [5.74, 6) is 7.04. The quantitative estimate of drug-likeness (QED) is 0.158. The Kier molecular flexibility index (Phi) is 6.75. The second-order valence-electron chi connectivity index (χ2n) is 7.08. The van der Waals surface area contributed by atoms with Crippen molar-refractivity contribution >= 4 is 45.8 Å². The molecule has 0 aliphatic rings. The van der Waals surface area contributed by atoms with Crippen molar-refractivity contribution in [1.29, 1.82) is 0 Å². The van der Waals surface area contributed by atoms with Crippen molar-refractivity contribution in [2.24, 2.45) is 5.10 Å². The molecular weight excluding hydrogens is 438 g/mol. The van der Waals surface area contributed by atoms with Crippen LogP contribution < -0.4 is 21.3 Å². The van der Waals surface area contributed by atoms with E-state index in [1.807, 2.05) is 73.7 Å². The van der Waals surface area contributed by atoms with Crippen molar-refractivity contribution in [3.8, 4) is 5.75 Å². The molecule has 10 heteroatoms. The Balaban J connectivity index is 1.37. The standard InChI is InChI=1S/C23H23N7O2S/c1-15(17-9-5-10-18(13-17)32-2)26-27-22-28-29-23(30(22)24)33-14-21(31)25-20-12-6-8-16-7-3-4-11-19(16)20/h3-13H,14,24H2,1-2H3,(H,25,31)(H,27,28)/b26-15+. The number of nitrogens with two attached hydrogens (primary N) is 1. The molecule has 0 bridgehead atoms. The fourth-order valence-electron chi connectivity index (χ4n) is 3.15. The van der Waals surface area contributed by atoms with E-state index in [0.29, 0.717) is 5.16 Å². The lowest BCUT2D eigenvalue weighted by molar-refractivity contribution is -0.113. The number of ether oxygens (including phenoxy) is 1. The lowest BCUT2D eigenvalue weighted by atomic mass is 10.1. The number of hydrazone groups is 1. The minimum atomic E-state index is -0.166. The number of fused-ring (bicyclic) bond motifs is 1. The Morgan fingerprint density at radius 3 is 2.76 bits per heavy atom. The highest BCUT2D eigenvalue weighted by Crippen LogP contribution is 2.24. The van der Waals surface area contributed by atoms with E-state index < -0.39 is 0 Å². The summed E-state index contributed by atoms with van der Waals surface area (Å²) in [5.41, 5.74) is 5.19. The molecule has 0 unspecified atom stereocenters. The highest BCUT2D eigenvalue weighted by Gasteiger charge is 2.13. The number of carbonyl (C=O) groups excluding carboxylic acids is 1. The number of benzene rings is 3. The fourth-order valence-corrected chi connectivity index (χ4v) is 3.81. The fraction of sp³-hybridized carbons (Fsp3) is 0.130. The number of thioether (sulfide) groups is 1. The van der Waals surface area contributed by atoms with Crippen molar-refractivity contribution in [3.05, 3.63) is 72.3 Å². The van der Waals surface area contributed by atoms with Crippen LogP contribution in [-0.2, 0) is 4.79 Å². The molecule has 0 saturated carbocycles. The van der Waals surface area contributed by atoms with E-state index in [4.69, 9.17) is 10.6 Å². The van der Waals surface area contributed by atoms with Gasteiger partial charge in [-0.15, -0.1) is 10.2 Å². The molecule has 9 nitrogen and oxygen atoms in total. The van der Waals surface area contributed by atoms with Crippen LogP contribution in [0.1, 0.15) is 12.5 Å². The predicted molar refractivity (Wildman–Crippen MR) is 132 cm³/mol. The first-order chi connectivity index (χ1) is 16.0. The van der Waals surface area contributed by atoms with Crippen LogP contribution in [0.4, 0.5) is 11.6 Å². The molecule has 0 spiro atoms. The van der Waals surface area contributed by atoms with Gasteiger partial charge in [-0.2, -0.15) is 5.10 Å². The molecule has 4 N–H and O–H groups in total. The van der Waals surface area contributed by atoms with Crippen LogP contribution in [0.25, 0.3) is 10.8 Å². The smallest absolute Gasteiger partial charge is 0.264 e. The second kappa shape index (κ2) is 10.0. The number of nitrogens with zero attached hydrogens (tertiary/aromatic N) is 4. The minimum Gasteiger partial charge on any atom is -0.497 e. The third-order valence-electron chi connectivity index (χ3n) is 4.87. The summed E-state index contributed by atoms with van der Waals surface area (Å²) in [5, 5.41) is 17.7. The van der Waals surface area contributed by atoms with Crippen LogP contribution in [0.15, 0.2) is 77.0 Å². The highest BCUT2D eigenvalue weighted by molar-refractivity contribution is 7.99. The van der Waals surface area contributed by atoms with Gasteiger partial charge in [0, 0.05) is 16.6 Å². The molecule has 0 atom stereocenters. The van der Waals surface area contributed by atoms with Crippen LogP contribution in [0.5, 0.6) is 5.75 Å². The van der Waals surface area contributed by atoms with Gasteiger partial charge in [-0.1, -0.05) is 60.3 Å². The first-order valence-electron chi connectivity index (χ1n) is 10.1. The summed E-state index contributed by atoms with van der Waals surface area (Å²) < 4.78 is 6.50. The number of rotatable bonds is 8. The lowest BCUT2D eigenvalue weighted by Gasteiger charge is -2.08. The zero-order chi connectivity index (χ0) is 23.2. The van der Waals surface area contributed by atoms with E-state index in [-0.39, 0.29) is 17.6 Å². The maximum atomic E-state index is 12.5. The van der Waals surface area contributed by atoms with E-state index in [0.717, 1.165) is 33.5 Å². The van der Waals surface area contributed by atoms with Gasteiger partial charge in [0.2, 0.25) is 11.1 Å². The summed E-state index contributed by atoms with van der Waals surface area (Å²) in [6.45, 7) is 1.85. The van der Waals surface area contributed by atoms with Gasteiger partial charge in [-0.25, -0.2) is 10.1 Å². The average Bonchev–Trinajstić information content (AvgIpc) is 3.20. The zero-order valence-electron chi connectivity index (χ0n) is 18.1. The van der Waals surface area contributed by atoms with Crippen molar-refractivity contribution in [3.63, 3.8) is 0 Å². The SMILES string of the molecule is COc1cccc(/C(C)=N/Nc2nnc(SCC(=O)Nc3cccc4ccccc34)n2N)c1. The van der Waals surface area contributed by atoms with Crippen molar-refractivity contribution in [1.82, 2.24) is 14.9 Å². The molecule has 0 aliphatic heterocycles. The van der Waals surface area contributed by atoms with E-state index >= 15 is 0 Å². The minimum absolute atomic E-state index is 0.130. The Morgan fingerprint density at radius 2 is 1.91 bits per heavy atom. The summed E-state index contributed by atoms with van der Waals surface area (Å²) in [4.78, 5) is 12.5. The van der Waals surface area contributed by atoms with Gasteiger partial charge in [-0.05, 0) is 30.5 Å². The number of amides is 1. The molecule has 0 aliphatic carbocycles. The van der Waals surface area contributed by atoms with Crippen molar-refractivity contribution in [2.75, 3.05) is 29.4 Å². The van der Waals surface area contributed by atoms with E-state index in [9.17, 15) is 4.79 Å². The molecule has 4 rings (SSSR count). The molecule has 0 fully saturated rings. The number of aromatic nitrogens is 3. The molecule has 33 heavy (non-hydrogen) atoms. The van der Waals surface area contributed by atoms with Crippen LogP contribution in [0, 0.1) is 0 Å². The van der Waals surface area contributed by atoms with E-state index in [1.54, 1.807) is 7.11 Å². The maximum Gasteiger partial charge on any atom is 0.264 e. The van der Waals surface area contributed by atoms with Gasteiger partial charge < -0.3 is 15.9 Å². The van der Waals surface area contributed by atoms with Crippen LogP contribution in [0.3, 0.4) is 0 Å². The van der Waals surface area contributed by atoms with Gasteiger partial charge in [0.1, 0.15) is 5.75 Å². The van der Waals surface area contributed by atoms with Crippen LogP contribution in [-0.4, -0.2) is 39.4 Å². The average molecular weight is 462 g/mol. The summed E-state index contributed by atoms with van der Waals surface area (Å²) in [6, 6.07) is 21.2. The number of hydrogen-bond acceptors (Lipinski definition) is 8. The molecule has 168 valence electrons. The molecule has 1 amide bonds. The number of anilines is 2. The summed E-state index contributed by atoms with van der Waals surface area (Å²) in [7, 11) is 1.61. The van der Waals surface area contributed by atoms with Gasteiger partial charge in [0.25, 0.3) is 5.95 Å². The molecule has 4 aromatic rings. The Hall–Kier alpha value is -4.05. The zero-order valence-corrected chi connectivity index (χ0v) is 19.0. The number of methoxy groups -OCH3 is 1. The number of nitrogens with one attached hydrogen (secondary N) is 2.